The summed E-state index contributed by atoms with van der Waals surface area (Å²) in [5.74, 6) is -1.47. The fraction of sp³-hybridized carbons (Fsp3) is 0.779. The number of carbonyl (C=O) groups excluding carboxylic acids is 3. The highest BCUT2D eigenvalue weighted by atomic mass is 31.2. The molecule has 3 atom stereocenters. The number of ether oxygens (including phenoxy) is 3. The van der Waals surface area contributed by atoms with Crippen molar-refractivity contribution in [3.63, 3.8) is 0 Å². The highest BCUT2D eigenvalue weighted by Gasteiger charge is 2.28. The third-order valence-corrected chi connectivity index (χ3v) is 15.1. The number of phosphoric ester groups is 1. The van der Waals surface area contributed by atoms with Crippen LogP contribution < -0.4 is 0 Å². The van der Waals surface area contributed by atoms with Crippen LogP contribution in [0, 0.1) is 0 Å². The molecule has 0 aromatic heterocycles. The second-order valence-corrected chi connectivity index (χ2v) is 23.4. The summed E-state index contributed by atoms with van der Waals surface area (Å²) in [7, 11) is -4.76. The Morgan fingerprint density at radius 2 is 0.650 bits per heavy atom. The van der Waals surface area contributed by atoms with Crippen LogP contribution in [0.4, 0.5) is 0 Å². The first-order valence-corrected chi connectivity index (χ1v) is 34.3. The molecule has 12 heteroatoms. The number of aliphatic hydroxyl groups is 1. The molecule has 0 aliphatic heterocycles. The van der Waals surface area contributed by atoms with E-state index in [9.17, 15) is 28.9 Å². The molecular weight excluding hydrogens is 1020 g/mol. The maximum absolute atomic E-state index is 13.0. The molecule has 0 bridgehead atoms. The van der Waals surface area contributed by atoms with E-state index >= 15 is 0 Å². The molecule has 0 aliphatic rings. The number of aliphatic hydroxyl groups excluding tert-OH is 1. The summed E-state index contributed by atoms with van der Waals surface area (Å²) < 4.78 is 39.7. The van der Waals surface area contributed by atoms with Crippen LogP contribution in [-0.2, 0) is 42.2 Å². The van der Waals surface area contributed by atoms with Crippen LogP contribution in [0.3, 0.4) is 0 Å². The van der Waals surface area contributed by atoms with Crippen molar-refractivity contribution in [2.45, 2.75) is 315 Å². The van der Waals surface area contributed by atoms with Gasteiger partial charge in [-0.25, -0.2) is 4.57 Å². The van der Waals surface area contributed by atoms with E-state index in [1.165, 1.54) is 128 Å². The van der Waals surface area contributed by atoms with Crippen molar-refractivity contribution < 1.29 is 52.2 Å². The predicted molar refractivity (Wildman–Crippen MR) is 335 cm³/mol. The zero-order valence-electron chi connectivity index (χ0n) is 51.5. The van der Waals surface area contributed by atoms with Crippen molar-refractivity contribution >= 4 is 25.7 Å². The Balaban J connectivity index is 4.72. The molecule has 0 aliphatic carbocycles. The van der Waals surface area contributed by atoms with E-state index in [0.717, 1.165) is 116 Å². The number of hydrogen-bond donors (Lipinski definition) is 2. The molecule has 2 N–H and O–H groups in total. The van der Waals surface area contributed by atoms with E-state index in [1.54, 1.807) is 0 Å². The normalized spacial score (nSPS) is 13.7. The molecule has 11 nitrogen and oxygen atoms in total. The maximum Gasteiger partial charge on any atom is 0.472 e. The predicted octanol–water partition coefficient (Wildman–Crippen LogP) is 20.0. The Hall–Kier alpha value is -3.08. The third kappa shape index (κ3) is 59.5. The topological polar surface area (TPSA) is 155 Å². The van der Waals surface area contributed by atoms with Crippen LogP contribution in [0.2, 0.25) is 0 Å². The van der Waals surface area contributed by atoms with Gasteiger partial charge >= 0.3 is 25.7 Å². The minimum absolute atomic E-state index is 0.150. The zero-order chi connectivity index (χ0) is 58.3. The van der Waals surface area contributed by atoms with Gasteiger partial charge < -0.3 is 24.2 Å². The summed E-state index contributed by atoms with van der Waals surface area (Å²) in [6.07, 6.45) is 71.3. The Morgan fingerprint density at radius 3 is 1.02 bits per heavy atom. The summed E-state index contributed by atoms with van der Waals surface area (Å²) in [6, 6.07) is 0. The van der Waals surface area contributed by atoms with Gasteiger partial charge in [0.25, 0.3) is 0 Å². The highest BCUT2D eigenvalue weighted by molar-refractivity contribution is 7.47. The van der Waals surface area contributed by atoms with Crippen molar-refractivity contribution in [2.24, 2.45) is 0 Å². The number of rotatable bonds is 61. The van der Waals surface area contributed by atoms with Gasteiger partial charge in [-0.05, 0) is 89.9 Å². The smallest absolute Gasteiger partial charge is 0.462 e. The molecule has 0 rings (SSSR count). The number of esters is 3. The van der Waals surface area contributed by atoms with Gasteiger partial charge in [0.15, 0.2) is 6.10 Å². The van der Waals surface area contributed by atoms with Crippen molar-refractivity contribution in [3.8, 4) is 0 Å². The molecule has 0 aromatic rings. The van der Waals surface area contributed by atoms with Gasteiger partial charge in [-0.1, -0.05) is 267 Å². The summed E-state index contributed by atoms with van der Waals surface area (Å²) in [4.78, 5) is 48.8. The van der Waals surface area contributed by atoms with Crippen LogP contribution in [-0.4, -0.2) is 66.5 Å². The Kier molecular flexibility index (Phi) is 59.6. The molecule has 0 amide bonds. The Bertz CT molecular complexity index is 1620. The largest absolute Gasteiger partial charge is 0.472 e. The maximum atomic E-state index is 13.0. The van der Waals surface area contributed by atoms with Crippen LogP contribution in [0.25, 0.3) is 0 Å². The van der Waals surface area contributed by atoms with E-state index in [0.29, 0.717) is 19.3 Å². The molecule has 0 saturated heterocycles. The fourth-order valence-corrected chi connectivity index (χ4v) is 9.93. The molecule has 3 unspecified atom stereocenters. The minimum atomic E-state index is -4.76. The molecule has 0 fully saturated rings. The highest BCUT2D eigenvalue weighted by Crippen LogP contribution is 2.43. The second-order valence-electron chi connectivity index (χ2n) is 21.9. The van der Waals surface area contributed by atoms with Crippen molar-refractivity contribution in [1.82, 2.24) is 0 Å². The fourth-order valence-electron chi connectivity index (χ4n) is 9.14. The number of allylic oxidation sites excluding steroid dienone is 12. The molecule has 0 heterocycles. The summed E-state index contributed by atoms with van der Waals surface area (Å²) in [6.45, 7) is 4.54. The Morgan fingerprint density at radius 1 is 0.362 bits per heavy atom. The lowest BCUT2D eigenvalue weighted by molar-refractivity contribution is -0.161. The standard InChI is InChI=1S/C68H121O11P/c1-4-7-10-13-16-19-22-25-28-30-32-34-37-39-42-45-48-51-54-57-66(70)75-61-65(79-68(72)59-56-53-50-47-44-41-38-35-33-31-29-26-23-20-17-14-11-8-5-2)63-77-80(73,74)76-62-64(60-69)78-67(71)58-55-52-49-46-43-40-36-27-24-21-18-15-12-9-6-3/h8,11,16-17,19-20,25-26,28-29,33,35,64-65,69H,4-7,9-10,12-15,18,21-24,27,30-32,34,36-63H2,1-3H3,(H,73,74)/b11-8-,19-16-,20-17-,28-25-,29-26-,35-33-. The number of hydrogen-bond acceptors (Lipinski definition) is 10. The minimum Gasteiger partial charge on any atom is -0.462 e. The lowest BCUT2D eigenvalue weighted by atomic mass is 10.0. The molecule has 0 saturated carbocycles. The van der Waals surface area contributed by atoms with Gasteiger partial charge in [0.05, 0.1) is 19.8 Å². The first-order chi connectivity index (χ1) is 39.2. The number of carbonyl (C=O) groups is 3. The first kappa shape index (κ1) is 76.9. The molecule has 0 aromatic carbocycles. The summed E-state index contributed by atoms with van der Waals surface area (Å²) in [5, 5.41) is 9.86. The van der Waals surface area contributed by atoms with E-state index in [4.69, 9.17) is 23.3 Å². The second kappa shape index (κ2) is 62.0. The van der Waals surface area contributed by atoms with Crippen LogP contribution in [0.5, 0.6) is 0 Å². The average Bonchev–Trinajstić information content (AvgIpc) is 3.45. The lowest BCUT2D eigenvalue weighted by Crippen LogP contribution is -2.30. The van der Waals surface area contributed by atoms with Crippen molar-refractivity contribution in [2.75, 3.05) is 26.4 Å². The molecule has 0 spiro atoms. The zero-order valence-corrected chi connectivity index (χ0v) is 52.4. The molecule has 464 valence electrons. The number of phosphoric acid groups is 1. The van der Waals surface area contributed by atoms with Crippen LogP contribution in [0.15, 0.2) is 72.9 Å². The molecule has 0 radical (unpaired) electrons. The third-order valence-electron chi connectivity index (χ3n) is 14.1. The van der Waals surface area contributed by atoms with Gasteiger partial charge in [-0.3, -0.25) is 23.4 Å². The van der Waals surface area contributed by atoms with Crippen molar-refractivity contribution in [3.05, 3.63) is 72.9 Å². The lowest BCUT2D eigenvalue weighted by Gasteiger charge is -2.21. The van der Waals surface area contributed by atoms with E-state index in [2.05, 4.69) is 93.7 Å². The Labute approximate surface area is 490 Å². The monoisotopic (exact) mass is 1140 g/mol. The summed E-state index contributed by atoms with van der Waals surface area (Å²) >= 11 is 0. The van der Waals surface area contributed by atoms with E-state index in [-0.39, 0.29) is 25.9 Å². The van der Waals surface area contributed by atoms with Gasteiger partial charge in [-0.2, -0.15) is 0 Å². The van der Waals surface area contributed by atoms with Crippen molar-refractivity contribution in [1.29, 1.82) is 0 Å². The van der Waals surface area contributed by atoms with Crippen LogP contribution in [0.1, 0.15) is 303 Å². The van der Waals surface area contributed by atoms with Gasteiger partial charge in [-0.15, -0.1) is 0 Å². The van der Waals surface area contributed by atoms with Gasteiger partial charge in [0, 0.05) is 19.3 Å². The van der Waals surface area contributed by atoms with Crippen LogP contribution >= 0.6 is 7.82 Å². The van der Waals surface area contributed by atoms with Gasteiger partial charge in [0.1, 0.15) is 12.7 Å². The quantitative estimate of drug-likeness (QED) is 0.0197. The molecule has 80 heavy (non-hydrogen) atoms. The molecular formula is C68H121O11P. The first-order valence-electron chi connectivity index (χ1n) is 32.8. The van der Waals surface area contributed by atoms with E-state index in [1.807, 2.05) is 0 Å². The SMILES string of the molecule is CC/C=C\C/C=C\C/C=C\C/C=C\CCCCCCCCC(=O)OC(COC(=O)CCCCCCCCCCC/C=C\C/C=C\CCCCC)COP(=O)(O)OCC(CO)OC(=O)CCCCCCCCCCCCCCCCC. The number of unbranched alkanes of at least 4 members (excludes halogenated alkanes) is 32. The van der Waals surface area contributed by atoms with E-state index < -0.39 is 57.8 Å². The summed E-state index contributed by atoms with van der Waals surface area (Å²) in [5.41, 5.74) is 0. The van der Waals surface area contributed by atoms with Gasteiger partial charge in [0.2, 0.25) is 0 Å². The average molecular weight is 1150 g/mol.